The van der Waals surface area contributed by atoms with Gasteiger partial charge in [0.25, 0.3) is 0 Å². The molecule has 6 nitrogen and oxygen atoms in total. The SMILES string of the molecule is CCCC[N+](CCCC)(CCCC)CCCC.O=C1CCCCCN1.O=S(=O)(O)C(F)(F)F.[Br-].[Y]. The van der Waals surface area contributed by atoms with Gasteiger partial charge in [-0.05, 0) is 38.5 Å². The van der Waals surface area contributed by atoms with Gasteiger partial charge < -0.3 is 26.8 Å². The minimum Gasteiger partial charge on any atom is -1.00 e. The Morgan fingerprint density at radius 2 is 1.17 bits per heavy atom. The van der Waals surface area contributed by atoms with Crippen molar-refractivity contribution in [3.05, 3.63) is 0 Å². The van der Waals surface area contributed by atoms with E-state index in [9.17, 15) is 18.0 Å². The summed E-state index contributed by atoms with van der Waals surface area (Å²) in [4.78, 5) is 10.6. The zero-order valence-corrected chi connectivity index (χ0v) is 27.4. The van der Waals surface area contributed by atoms with Crippen LogP contribution in [0.4, 0.5) is 13.2 Å². The Kier molecular flexibility index (Phi) is 30.6. The molecule has 0 unspecified atom stereocenters. The van der Waals surface area contributed by atoms with Crippen LogP contribution in [0.2, 0.25) is 0 Å². The molecule has 1 saturated heterocycles. The molecule has 1 amide bonds. The summed E-state index contributed by atoms with van der Waals surface area (Å²) < 4.78 is 59.0. The molecule has 1 radical (unpaired) electrons. The number of nitrogens with zero attached hydrogens (tertiary/aromatic N) is 1. The Bertz CT molecular complexity index is 550. The van der Waals surface area contributed by atoms with Gasteiger partial charge in [0.15, 0.2) is 0 Å². The van der Waals surface area contributed by atoms with E-state index in [1.54, 1.807) is 0 Å². The fourth-order valence-electron chi connectivity index (χ4n) is 3.55. The van der Waals surface area contributed by atoms with Crippen molar-refractivity contribution in [3.63, 3.8) is 0 Å². The number of amides is 1. The van der Waals surface area contributed by atoms with Gasteiger partial charge in [-0.15, -0.1) is 0 Å². The molecule has 0 bridgehead atoms. The summed E-state index contributed by atoms with van der Waals surface area (Å²) in [6, 6.07) is 0. The number of rotatable bonds is 12. The number of alkyl halides is 3. The van der Waals surface area contributed by atoms with Gasteiger partial charge in [0.2, 0.25) is 5.91 Å². The second-order valence-corrected chi connectivity index (χ2v) is 10.1. The van der Waals surface area contributed by atoms with E-state index in [4.69, 9.17) is 13.0 Å². The Hall–Kier alpha value is 0.714. The monoisotopic (exact) mass is 673 g/mol. The predicted octanol–water partition coefficient (Wildman–Crippen LogP) is 3.08. The number of hydrogen-bond acceptors (Lipinski definition) is 3. The van der Waals surface area contributed by atoms with Crippen molar-refractivity contribution >= 4 is 16.0 Å². The Morgan fingerprint density at radius 3 is 1.46 bits per heavy atom. The second-order valence-electron chi connectivity index (χ2n) is 8.73. The third kappa shape index (κ3) is 24.8. The van der Waals surface area contributed by atoms with Crippen molar-refractivity contribution in [1.29, 1.82) is 0 Å². The van der Waals surface area contributed by atoms with Crippen LogP contribution in [0.5, 0.6) is 0 Å². The molecule has 0 atom stereocenters. The first-order valence-corrected chi connectivity index (χ1v) is 14.0. The molecule has 0 aliphatic carbocycles. The molecular formula is C23H48BrF3N2O4SY. The molecule has 0 aromatic heterocycles. The third-order valence-electron chi connectivity index (χ3n) is 5.64. The molecular weight excluding hydrogens is 626 g/mol. The Labute approximate surface area is 247 Å². The molecule has 0 aromatic rings. The number of unbranched alkanes of at least 4 members (excludes halogenated alkanes) is 4. The molecule has 0 aromatic carbocycles. The van der Waals surface area contributed by atoms with Crippen LogP contribution in [0, 0.1) is 0 Å². The van der Waals surface area contributed by atoms with Crippen molar-refractivity contribution < 1.29 is 85.1 Å². The van der Waals surface area contributed by atoms with Crippen LogP contribution in [0.25, 0.3) is 0 Å². The average Bonchev–Trinajstić information content (AvgIpc) is 2.99. The second kappa shape index (κ2) is 25.0. The summed E-state index contributed by atoms with van der Waals surface area (Å²) in [6.07, 6.45) is 15.2. The number of halogens is 4. The van der Waals surface area contributed by atoms with Crippen LogP contribution < -0.4 is 22.3 Å². The van der Waals surface area contributed by atoms with Gasteiger partial charge in [-0.3, -0.25) is 9.35 Å². The van der Waals surface area contributed by atoms with E-state index in [0.29, 0.717) is 0 Å². The molecule has 12 heteroatoms. The van der Waals surface area contributed by atoms with Crippen LogP contribution in [0.15, 0.2) is 0 Å². The van der Waals surface area contributed by atoms with Gasteiger partial charge in [0.1, 0.15) is 0 Å². The van der Waals surface area contributed by atoms with Crippen molar-refractivity contribution in [2.45, 2.75) is 110 Å². The van der Waals surface area contributed by atoms with E-state index in [0.717, 1.165) is 25.8 Å². The van der Waals surface area contributed by atoms with Gasteiger partial charge in [-0.25, -0.2) is 0 Å². The number of carbonyl (C=O) groups is 1. The predicted molar refractivity (Wildman–Crippen MR) is 128 cm³/mol. The minimum absolute atomic E-state index is 0. The number of nitrogens with one attached hydrogen (secondary N) is 1. The summed E-state index contributed by atoms with van der Waals surface area (Å²) >= 11 is 0. The van der Waals surface area contributed by atoms with Crippen LogP contribution in [0.1, 0.15) is 105 Å². The molecule has 1 aliphatic heterocycles. The van der Waals surface area contributed by atoms with Crippen LogP contribution in [0.3, 0.4) is 0 Å². The minimum atomic E-state index is -5.84. The molecule has 1 fully saturated rings. The summed E-state index contributed by atoms with van der Waals surface area (Å²) in [6.45, 7) is 15.9. The maximum atomic E-state index is 10.7. The normalized spacial score (nSPS) is 14.0. The molecule has 1 heterocycles. The van der Waals surface area contributed by atoms with E-state index < -0.39 is 15.6 Å². The zero-order valence-electron chi connectivity index (χ0n) is 22.1. The van der Waals surface area contributed by atoms with E-state index in [1.165, 1.54) is 88.4 Å². The van der Waals surface area contributed by atoms with E-state index in [2.05, 4.69) is 33.0 Å². The largest absolute Gasteiger partial charge is 1.00 e. The molecule has 35 heavy (non-hydrogen) atoms. The molecule has 0 spiro atoms. The topological polar surface area (TPSA) is 83.5 Å². The van der Waals surface area contributed by atoms with Gasteiger partial charge in [0.05, 0.1) is 26.2 Å². The first-order chi connectivity index (χ1) is 15.4. The van der Waals surface area contributed by atoms with E-state index in [-0.39, 0.29) is 55.6 Å². The quantitative estimate of drug-likeness (QED) is 0.190. The van der Waals surface area contributed by atoms with Gasteiger partial charge in [-0.1, -0.05) is 59.8 Å². The first-order valence-electron chi connectivity index (χ1n) is 12.5. The van der Waals surface area contributed by atoms with Crippen LogP contribution >= 0.6 is 0 Å². The summed E-state index contributed by atoms with van der Waals surface area (Å²) in [7, 11) is -5.84. The third-order valence-corrected chi connectivity index (χ3v) is 6.22. The summed E-state index contributed by atoms with van der Waals surface area (Å²) in [5.41, 5.74) is -5.53. The standard InChI is InChI=1S/C16H36N.C6H11NO.CHF3O3S.BrH.Y/c1-5-9-13-17(14-10-6-2,15-11-7-3)16-12-8-4;8-6-4-2-1-3-5-7-6;2-1(3,4)8(5,6)7;;/h5-16H2,1-4H3;1-5H2,(H,7,8);(H,5,6,7);1H;/q+1;;;;/p-1. The fraction of sp³-hybridized carbons (Fsp3) is 0.957. The van der Waals surface area contributed by atoms with Crippen LogP contribution in [-0.2, 0) is 47.6 Å². The van der Waals surface area contributed by atoms with Crippen molar-refractivity contribution in [3.8, 4) is 0 Å². The van der Waals surface area contributed by atoms with Crippen molar-refractivity contribution in [1.82, 2.24) is 5.32 Å². The molecule has 1 aliphatic rings. The smallest absolute Gasteiger partial charge is 0.522 e. The summed E-state index contributed by atoms with van der Waals surface area (Å²) in [5, 5.41) is 2.81. The molecule has 2 N–H and O–H groups in total. The van der Waals surface area contributed by atoms with E-state index >= 15 is 0 Å². The maximum absolute atomic E-state index is 10.7. The van der Waals surface area contributed by atoms with Crippen LogP contribution in [-0.4, -0.2) is 61.6 Å². The molecule has 0 saturated carbocycles. The average molecular weight is 675 g/mol. The maximum Gasteiger partial charge on any atom is 0.522 e. The number of carbonyl (C=O) groups excluding carboxylic acids is 1. The first kappa shape index (κ1) is 42.8. The summed E-state index contributed by atoms with van der Waals surface area (Å²) in [5.74, 6) is 0.225. The van der Waals surface area contributed by atoms with Crippen molar-refractivity contribution in [2.24, 2.45) is 0 Å². The van der Waals surface area contributed by atoms with E-state index in [1.807, 2.05) is 0 Å². The van der Waals surface area contributed by atoms with Gasteiger partial charge in [-0.2, -0.15) is 21.6 Å². The van der Waals surface area contributed by atoms with Crippen molar-refractivity contribution in [2.75, 3.05) is 32.7 Å². The zero-order chi connectivity index (χ0) is 25.8. The van der Waals surface area contributed by atoms with Gasteiger partial charge in [0, 0.05) is 45.7 Å². The fourth-order valence-corrected chi connectivity index (χ4v) is 3.55. The number of hydrogen-bond donors (Lipinski definition) is 2. The molecule has 211 valence electrons. The number of quaternary nitrogens is 1. The molecule has 1 rings (SSSR count). The Balaban J connectivity index is -0.000000224. The van der Waals surface area contributed by atoms with Gasteiger partial charge >= 0.3 is 15.6 Å². The Morgan fingerprint density at radius 1 is 0.829 bits per heavy atom.